The van der Waals surface area contributed by atoms with E-state index in [-0.39, 0.29) is 0 Å². The molecule has 0 saturated carbocycles. The molecular formula is C40H44N2Si2. The Bertz CT molecular complexity index is 1530. The van der Waals surface area contributed by atoms with Gasteiger partial charge in [0.15, 0.2) is 0 Å². The Kier molecular flexibility index (Phi) is 10.4. The summed E-state index contributed by atoms with van der Waals surface area (Å²) in [5.74, 6) is 0. The molecule has 3 aromatic carbocycles. The fourth-order valence-corrected chi connectivity index (χ4v) is 11.6. The van der Waals surface area contributed by atoms with Gasteiger partial charge in [-0.3, -0.25) is 9.97 Å². The molecule has 0 fully saturated rings. The van der Waals surface area contributed by atoms with Crippen LogP contribution in [0.25, 0.3) is 24.3 Å². The minimum absolute atomic E-state index is 1.12. The molecule has 0 amide bonds. The van der Waals surface area contributed by atoms with E-state index in [1.807, 2.05) is 24.5 Å². The summed E-state index contributed by atoms with van der Waals surface area (Å²) in [4.78, 5) is 8.37. The first-order valence-electron chi connectivity index (χ1n) is 15.6. The number of rotatable bonds is 12. The monoisotopic (exact) mass is 608 g/mol. The van der Waals surface area contributed by atoms with E-state index in [1.54, 1.807) is 12.4 Å². The second kappa shape index (κ2) is 14.6. The molecule has 2 aromatic heterocycles. The maximum absolute atomic E-state index is 4.19. The molecule has 44 heavy (non-hydrogen) atoms. The Morgan fingerprint density at radius 3 is 1.00 bits per heavy atom. The van der Waals surface area contributed by atoms with Crippen molar-refractivity contribution in [3.05, 3.63) is 166 Å². The molecule has 0 N–H and O–H groups in total. The van der Waals surface area contributed by atoms with Crippen molar-refractivity contribution >= 4 is 40.5 Å². The fourth-order valence-electron chi connectivity index (χ4n) is 5.94. The zero-order valence-electron chi connectivity index (χ0n) is 26.6. The van der Waals surface area contributed by atoms with Crippen LogP contribution in [0.5, 0.6) is 0 Å². The first-order chi connectivity index (χ1) is 21.2. The van der Waals surface area contributed by atoms with Crippen LogP contribution in [0.15, 0.2) is 122 Å². The van der Waals surface area contributed by atoms with Crippen LogP contribution in [0.1, 0.15) is 44.5 Å². The molecule has 0 aliphatic carbocycles. The van der Waals surface area contributed by atoms with Gasteiger partial charge in [-0.2, -0.15) is 0 Å². The predicted molar refractivity (Wildman–Crippen MR) is 195 cm³/mol. The average Bonchev–Trinajstić information content (AvgIpc) is 3.02. The van der Waals surface area contributed by atoms with Gasteiger partial charge in [0.05, 0.1) is 16.1 Å². The van der Waals surface area contributed by atoms with Crippen molar-refractivity contribution in [3.8, 4) is 0 Å². The molecule has 0 spiro atoms. The Balaban J connectivity index is 1.12. The van der Waals surface area contributed by atoms with Gasteiger partial charge in [-0.05, 0) is 58.6 Å². The van der Waals surface area contributed by atoms with Gasteiger partial charge >= 0.3 is 0 Å². The van der Waals surface area contributed by atoms with Crippen molar-refractivity contribution in [2.45, 2.75) is 50.4 Å². The Labute approximate surface area is 266 Å². The zero-order valence-corrected chi connectivity index (χ0v) is 28.6. The van der Waals surface area contributed by atoms with E-state index in [1.165, 1.54) is 57.6 Å². The summed E-state index contributed by atoms with van der Waals surface area (Å²) in [6, 6.07) is 40.6. The SMILES string of the molecule is C[Si](C)(Cc1ccc(/C=C/c2cccnc2)cc1)Cc1ccc(C[Si](C)(C)Cc2ccc(/C=C/c3cccnc3)cc2)cc1. The van der Waals surface area contributed by atoms with E-state index in [9.17, 15) is 0 Å². The predicted octanol–water partition coefficient (Wildman–Crippen LogP) is 9.96. The van der Waals surface area contributed by atoms with Crippen LogP contribution >= 0.6 is 0 Å². The lowest BCUT2D eigenvalue weighted by molar-refractivity contribution is 1.18. The standard InChI is InChI=1S/C40H44N2Si2/c1-43(2,29-37-17-11-33(12-18-37)9-15-35-7-5-25-41-27-35)31-39-21-23-40(24-22-39)32-44(3,4)30-38-19-13-34(14-20-38)10-16-36-8-6-26-42-28-36/h5-28H,29-32H2,1-4H3/b15-9+,16-10+. The van der Waals surface area contributed by atoms with Gasteiger partial charge in [0, 0.05) is 24.8 Å². The highest BCUT2D eigenvalue weighted by molar-refractivity contribution is 6.76. The van der Waals surface area contributed by atoms with Crippen molar-refractivity contribution in [2.75, 3.05) is 0 Å². The van der Waals surface area contributed by atoms with Crippen LogP contribution in [0.2, 0.25) is 26.2 Å². The van der Waals surface area contributed by atoms with E-state index in [0.717, 1.165) is 11.1 Å². The van der Waals surface area contributed by atoms with E-state index in [4.69, 9.17) is 0 Å². The summed E-state index contributed by atoms with van der Waals surface area (Å²) in [6.07, 6.45) is 16.0. The van der Waals surface area contributed by atoms with Crippen LogP contribution in [-0.4, -0.2) is 26.1 Å². The molecule has 2 heterocycles. The van der Waals surface area contributed by atoms with E-state index >= 15 is 0 Å². The number of pyridine rings is 2. The normalized spacial score (nSPS) is 12.3. The third kappa shape index (κ3) is 9.97. The highest BCUT2D eigenvalue weighted by Crippen LogP contribution is 2.22. The topological polar surface area (TPSA) is 25.8 Å². The molecular weight excluding hydrogens is 565 g/mol. The van der Waals surface area contributed by atoms with Crippen molar-refractivity contribution in [1.29, 1.82) is 0 Å². The number of nitrogens with zero attached hydrogens (tertiary/aromatic N) is 2. The second-order valence-electron chi connectivity index (χ2n) is 13.6. The van der Waals surface area contributed by atoms with Crippen LogP contribution < -0.4 is 0 Å². The number of hydrogen-bond acceptors (Lipinski definition) is 2. The van der Waals surface area contributed by atoms with E-state index in [0.29, 0.717) is 0 Å². The molecule has 0 saturated heterocycles. The first-order valence-corrected chi connectivity index (χ1v) is 22.5. The first kappa shape index (κ1) is 31.3. The van der Waals surface area contributed by atoms with Gasteiger partial charge in [-0.1, -0.05) is 158 Å². The second-order valence-corrected chi connectivity index (χ2v) is 23.6. The molecule has 0 aliphatic rings. The van der Waals surface area contributed by atoms with Crippen LogP contribution in [0.4, 0.5) is 0 Å². The fraction of sp³-hybridized carbons (Fsp3) is 0.200. The number of benzene rings is 3. The smallest absolute Gasteiger partial charge is 0.0561 e. The maximum atomic E-state index is 4.19. The van der Waals surface area contributed by atoms with Gasteiger partial charge in [-0.15, -0.1) is 0 Å². The third-order valence-corrected chi connectivity index (χ3v) is 13.5. The van der Waals surface area contributed by atoms with Gasteiger partial charge in [0.1, 0.15) is 0 Å². The van der Waals surface area contributed by atoms with Gasteiger partial charge in [0.25, 0.3) is 0 Å². The van der Waals surface area contributed by atoms with E-state index < -0.39 is 16.1 Å². The highest BCUT2D eigenvalue weighted by atomic mass is 28.3. The number of aromatic nitrogens is 2. The minimum atomic E-state index is -1.44. The van der Waals surface area contributed by atoms with Crippen molar-refractivity contribution < 1.29 is 0 Å². The molecule has 0 bridgehead atoms. The van der Waals surface area contributed by atoms with Crippen molar-refractivity contribution in [1.82, 2.24) is 9.97 Å². The molecule has 0 unspecified atom stereocenters. The zero-order chi connectivity index (χ0) is 30.8. The largest absolute Gasteiger partial charge is 0.264 e. The molecule has 5 aromatic rings. The van der Waals surface area contributed by atoms with Gasteiger partial charge < -0.3 is 0 Å². The van der Waals surface area contributed by atoms with E-state index in [2.05, 4.69) is 145 Å². The maximum Gasteiger partial charge on any atom is 0.0561 e. The summed E-state index contributed by atoms with van der Waals surface area (Å²) in [7, 11) is -2.89. The summed E-state index contributed by atoms with van der Waals surface area (Å²) < 4.78 is 0. The summed E-state index contributed by atoms with van der Waals surface area (Å²) in [5, 5.41) is 0. The van der Waals surface area contributed by atoms with Crippen LogP contribution in [0.3, 0.4) is 0 Å². The Hall–Kier alpha value is -4.13. The highest BCUT2D eigenvalue weighted by Gasteiger charge is 2.24. The van der Waals surface area contributed by atoms with Gasteiger partial charge in [0.2, 0.25) is 0 Å². The molecule has 0 atom stereocenters. The quantitative estimate of drug-likeness (QED) is 0.132. The molecule has 2 nitrogen and oxygen atoms in total. The third-order valence-electron chi connectivity index (χ3n) is 8.02. The Morgan fingerprint density at radius 2 is 0.705 bits per heavy atom. The lowest BCUT2D eigenvalue weighted by Gasteiger charge is -2.24. The molecule has 4 heteroatoms. The Morgan fingerprint density at radius 1 is 0.409 bits per heavy atom. The lowest BCUT2D eigenvalue weighted by Crippen LogP contribution is -2.33. The summed E-state index contributed by atoms with van der Waals surface area (Å²) in [6.45, 7) is 10.1. The molecule has 5 rings (SSSR count). The minimum Gasteiger partial charge on any atom is -0.264 e. The van der Waals surface area contributed by atoms with Crippen LogP contribution in [0, 0.1) is 0 Å². The van der Waals surface area contributed by atoms with Crippen molar-refractivity contribution in [3.63, 3.8) is 0 Å². The van der Waals surface area contributed by atoms with Crippen LogP contribution in [-0.2, 0) is 24.2 Å². The molecule has 222 valence electrons. The molecule has 0 radical (unpaired) electrons. The lowest BCUT2D eigenvalue weighted by atomic mass is 10.1. The average molecular weight is 609 g/mol. The molecule has 0 aliphatic heterocycles. The summed E-state index contributed by atoms with van der Waals surface area (Å²) >= 11 is 0. The van der Waals surface area contributed by atoms with Gasteiger partial charge in [-0.25, -0.2) is 0 Å². The number of hydrogen-bond donors (Lipinski definition) is 0. The summed E-state index contributed by atoms with van der Waals surface area (Å²) in [5.41, 5.74) is 10.6. The van der Waals surface area contributed by atoms with Crippen molar-refractivity contribution in [2.24, 2.45) is 0 Å².